The van der Waals surface area contributed by atoms with Crippen LogP contribution in [0.3, 0.4) is 0 Å². The van der Waals surface area contributed by atoms with Gasteiger partial charge in [0.1, 0.15) is 13.2 Å². The second kappa shape index (κ2) is 5.51. The number of fused-ring (bicyclic) bond motifs is 2. The van der Waals surface area contributed by atoms with Crippen LogP contribution in [0.2, 0.25) is 0 Å². The van der Waals surface area contributed by atoms with Gasteiger partial charge in [-0.25, -0.2) is 4.98 Å². The average molecular weight is 291 g/mol. The molecule has 112 valence electrons. The first-order valence-corrected chi connectivity index (χ1v) is 6.81. The number of nitrogen functional groups attached to an aromatic ring is 1. The van der Waals surface area contributed by atoms with Gasteiger partial charge in [0.15, 0.2) is 11.5 Å². The summed E-state index contributed by atoms with van der Waals surface area (Å²) < 4.78 is 17.6. The van der Waals surface area contributed by atoms with E-state index in [2.05, 4.69) is 9.72 Å². The van der Waals surface area contributed by atoms with Crippen molar-refractivity contribution in [1.29, 1.82) is 0 Å². The molecule has 0 atom stereocenters. The lowest BCUT2D eigenvalue weighted by molar-refractivity contribution is -0.140. The summed E-state index contributed by atoms with van der Waals surface area (Å²) in [5.74, 6) is 1.57. The molecule has 0 bridgehead atoms. The van der Waals surface area contributed by atoms with Gasteiger partial charge in [-0.05, 0) is 6.42 Å². The Morgan fingerprint density at radius 3 is 2.81 bits per heavy atom. The summed E-state index contributed by atoms with van der Waals surface area (Å²) in [5.41, 5.74) is 7.59. The smallest absolute Gasteiger partial charge is 0.305 e. The molecule has 21 heavy (non-hydrogen) atoms. The van der Waals surface area contributed by atoms with Crippen LogP contribution in [0, 0.1) is 0 Å². The van der Waals surface area contributed by atoms with Crippen molar-refractivity contribution in [1.82, 2.24) is 9.55 Å². The number of hydrogen-bond acceptors (Lipinski definition) is 6. The number of nitrogens with zero attached hydrogens (tertiary/aromatic N) is 2. The summed E-state index contributed by atoms with van der Waals surface area (Å²) in [6, 6.07) is 3.71. The van der Waals surface area contributed by atoms with E-state index in [1.807, 2.05) is 16.7 Å². The number of carbonyl (C=O) groups excluding carboxylic acids is 1. The van der Waals surface area contributed by atoms with Gasteiger partial charge in [0.2, 0.25) is 5.95 Å². The Hall–Kier alpha value is -2.44. The number of rotatable bonds is 4. The Morgan fingerprint density at radius 2 is 2.10 bits per heavy atom. The zero-order chi connectivity index (χ0) is 14.8. The summed E-state index contributed by atoms with van der Waals surface area (Å²) >= 11 is 0. The van der Waals surface area contributed by atoms with Gasteiger partial charge in [-0.2, -0.15) is 0 Å². The molecule has 2 heterocycles. The van der Waals surface area contributed by atoms with E-state index in [0.717, 1.165) is 11.0 Å². The van der Waals surface area contributed by atoms with Crippen LogP contribution in [0.25, 0.3) is 11.0 Å². The van der Waals surface area contributed by atoms with Crippen molar-refractivity contribution in [2.45, 2.75) is 19.4 Å². The zero-order valence-electron chi connectivity index (χ0n) is 11.8. The number of esters is 1. The first kappa shape index (κ1) is 13.5. The van der Waals surface area contributed by atoms with Crippen LogP contribution in [0.4, 0.5) is 5.95 Å². The number of anilines is 1. The number of ether oxygens (including phenoxy) is 3. The van der Waals surface area contributed by atoms with Gasteiger partial charge >= 0.3 is 5.97 Å². The molecule has 2 N–H and O–H groups in total. The molecular weight excluding hydrogens is 274 g/mol. The molecule has 0 unspecified atom stereocenters. The maximum atomic E-state index is 11.2. The third-order valence-corrected chi connectivity index (χ3v) is 3.43. The van der Waals surface area contributed by atoms with Gasteiger partial charge in [0.25, 0.3) is 0 Å². The van der Waals surface area contributed by atoms with Crippen molar-refractivity contribution in [3.63, 3.8) is 0 Å². The number of aromatic nitrogens is 2. The van der Waals surface area contributed by atoms with Gasteiger partial charge in [-0.15, -0.1) is 0 Å². The van der Waals surface area contributed by atoms with E-state index in [1.165, 1.54) is 7.11 Å². The number of nitrogens with two attached hydrogens (primary N) is 1. The van der Waals surface area contributed by atoms with E-state index in [1.54, 1.807) is 0 Å². The quantitative estimate of drug-likeness (QED) is 0.855. The maximum Gasteiger partial charge on any atom is 0.305 e. The first-order valence-electron chi connectivity index (χ1n) is 6.81. The number of benzene rings is 1. The van der Waals surface area contributed by atoms with Crippen LogP contribution < -0.4 is 15.2 Å². The SMILES string of the molecule is COC(=O)CCCn1c(N)nc2cc3c(cc21)OCCO3. The molecule has 1 aromatic carbocycles. The fraction of sp³-hybridized carbons (Fsp3) is 0.429. The molecular formula is C14H17N3O4. The van der Waals surface area contributed by atoms with Crippen LogP contribution in [0.15, 0.2) is 12.1 Å². The summed E-state index contributed by atoms with van der Waals surface area (Å²) in [7, 11) is 1.38. The highest BCUT2D eigenvalue weighted by Gasteiger charge is 2.17. The summed E-state index contributed by atoms with van der Waals surface area (Å²) in [5, 5.41) is 0. The van der Waals surface area contributed by atoms with Crippen molar-refractivity contribution < 1.29 is 19.0 Å². The number of imidazole rings is 1. The third-order valence-electron chi connectivity index (χ3n) is 3.43. The minimum absolute atomic E-state index is 0.230. The molecule has 0 spiro atoms. The van der Waals surface area contributed by atoms with Crippen molar-refractivity contribution in [2.75, 3.05) is 26.1 Å². The summed E-state index contributed by atoms with van der Waals surface area (Å²) in [6.07, 6.45) is 0.983. The molecule has 1 aromatic heterocycles. The molecule has 0 saturated carbocycles. The summed E-state index contributed by atoms with van der Waals surface area (Å²) in [4.78, 5) is 15.5. The normalized spacial score (nSPS) is 13.4. The predicted molar refractivity (Wildman–Crippen MR) is 76.4 cm³/mol. The fourth-order valence-electron chi connectivity index (χ4n) is 2.40. The van der Waals surface area contributed by atoms with Crippen LogP contribution in [0.5, 0.6) is 11.5 Å². The van der Waals surface area contributed by atoms with Crippen molar-refractivity contribution in [2.24, 2.45) is 0 Å². The number of carbonyl (C=O) groups is 1. The Labute approximate surface area is 121 Å². The van der Waals surface area contributed by atoms with Gasteiger partial charge in [0.05, 0.1) is 18.1 Å². The van der Waals surface area contributed by atoms with E-state index < -0.39 is 0 Å². The minimum Gasteiger partial charge on any atom is -0.486 e. The highest BCUT2D eigenvalue weighted by atomic mass is 16.6. The second-order valence-electron chi connectivity index (χ2n) is 4.79. The lowest BCUT2D eigenvalue weighted by Crippen LogP contribution is -2.15. The Bertz CT molecular complexity index is 680. The second-order valence-corrected chi connectivity index (χ2v) is 4.79. The molecule has 0 aliphatic carbocycles. The van der Waals surface area contributed by atoms with E-state index in [9.17, 15) is 4.79 Å². The van der Waals surface area contributed by atoms with Crippen LogP contribution in [-0.2, 0) is 16.1 Å². The Balaban J connectivity index is 1.87. The largest absolute Gasteiger partial charge is 0.486 e. The van der Waals surface area contributed by atoms with Crippen LogP contribution >= 0.6 is 0 Å². The molecule has 0 fully saturated rings. The monoisotopic (exact) mass is 291 g/mol. The van der Waals surface area contributed by atoms with Crippen molar-refractivity contribution in [3.8, 4) is 11.5 Å². The first-order chi connectivity index (χ1) is 10.2. The van der Waals surface area contributed by atoms with E-state index in [4.69, 9.17) is 15.2 Å². The van der Waals surface area contributed by atoms with Gasteiger partial charge < -0.3 is 24.5 Å². The summed E-state index contributed by atoms with van der Waals surface area (Å²) in [6.45, 7) is 1.66. The Morgan fingerprint density at radius 1 is 1.38 bits per heavy atom. The number of aryl methyl sites for hydroxylation is 1. The van der Waals surface area contributed by atoms with E-state index >= 15 is 0 Å². The lowest BCUT2D eigenvalue weighted by Gasteiger charge is -2.18. The Kier molecular flexibility index (Phi) is 3.55. The predicted octanol–water partition coefficient (Wildman–Crippen LogP) is 1.34. The molecule has 0 amide bonds. The number of hydrogen-bond donors (Lipinski definition) is 1. The highest BCUT2D eigenvalue weighted by molar-refractivity contribution is 5.82. The van der Waals surface area contributed by atoms with Crippen LogP contribution in [0.1, 0.15) is 12.8 Å². The molecule has 0 saturated heterocycles. The van der Waals surface area contributed by atoms with E-state index in [0.29, 0.717) is 50.0 Å². The molecule has 1 aliphatic rings. The van der Waals surface area contributed by atoms with Gasteiger partial charge in [-0.3, -0.25) is 4.79 Å². The molecule has 3 rings (SSSR count). The highest BCUT2D eigenvalue weighted by Crippen LogP contribution is 2.35. The molecule has 2 aromatic rings. The zero-order valence-corrected chi connectivity index (χ0v) is 11.8. The molecule has 1 aliphatic heterocycles. The van der Waals surface area contributed by atoms with Gasteiger partial charge in [0, 0.05) is 25.1 Å². The minimum atomic E-state index is -0.230. The molecule has 0 radical (unpaired) electrons. The fourth-order valence-corrected chi connectivity index (χ4v) is 2.40. The van der Waals surface area contributed by atoms with E-state index in [-0.39, 0.29) is 5.97 Å². The van der Waals surface area contributed by atoms with Crippen LogP contribution in [-0.4, -0.2) is 35.8 Å². The molecule has 7 heteroatoms. The topological polar surface area (TPSA) is 88.6 Å². The standard InChI is InChI=1S/C14H17N3O4/c1-19-13(18)3-2-4-17-10-8-12-11(20-5-6-21-12)7-9(10)16-14(17)15/h7-8H,2-6H2,1H3,(H2,15,16). The average Bonchev–Trinajstić information content (AvgIpc) is 2.80. The lowest BCUT2D eigenvalue weighted by atomic mass is 10.2. The third kappa shape index (κ3) is 2.58. The molecule has 7 nitrogen and oxygen atoms in total. The number of methoxy groups -OCH3 is 1. The van der Waals surface area contributed by atoms with Crippen molar-refractivity contribution in [3.05, 3.63) is 12.1 Å². The van der Waals surface area contributed by atoms with Crippen molar-refractivity contribution >= 4 is 23.0 Å². The maximum absolute atomic E-state index is 11.2. The van der Waals surface area contributed by atoms with Gasteiger partial charge in [-0.1, -0.05) is 0 Å².